The van der Waals surface area contributed by atoms with E-state index in [1.54, 1.807) is 4.90 Å². The van der Waals surface area contributed by atoms with Crippen molar-refractivity contribution in [3.8, 4) is 0 Å². The molecule has 0 spiro atoms. The van der Waals surface area contributed by atoms with Crippen molar-refractivity contribution in [2.45, 2.75) is 25.6 Å². The molecular weight excluding hydrogens is 264 g/mol. The molecule has 104 valence electrons. The Labute approximate surface area is 118 Å². The van der Waals surface area contributed by atoms with Gasteiger partial charge in [0.1, 0.15) is 0 Å². The van der Waals surface area contributed by atoms with E-state index in [0.717, 1.165) is 24.9 Å². The van der Waals surface area contributed by atoms with E-state index in [1.807, 2.05) is 24.3 Å². The number of likely N-dealkylation sites (tertiary alicyclic amines) is 1. The number of rotatable bonds is 4. The fourth-order valence-electron chi connectivity index (χ4n) is 2.25. The summed E-state index contributed by atoms with van der Waals surface area (Å²) in [5, 5.41) is 0.716. The number of benzene rings is 1. The Morgan fingerprint density at radius 2 is 2.26 bits per heavy atom. The lowest BCUT2D eigenvalue weighted by atomic mass is 10.1. The Kier molecular flexibility index (Phi) is 5.19. The van der Waals surface area contributed by atoms with Crippen molar-refractivity contribution in [1.82, 2.24) is 4.90 Å². The van der Waals surface area contributed by atoms with Gasteiger partial charge in [0, 0.05) is 18.1 Å². The predicted octanol–water partition coefficient (Wildman–Crippen LogP) is 1.81. The minimum atomic E-state index is -0.00829. The first-order chi connectivity index (χ1) is 9.20. The molecule has 0 aliphatic carbocycles. The number of carbonyl (C=O) groups is 1. The molecule has 1 aliphatic heterocycles. The Balaban J connectivity index is 1.86. The first-order valence-corrected chi connectivity index (χ1v) is 6.91. The minimum absolute atomic E-state index is 0.00829. The second-order valence-corrected chi connectivity index (χ2v) is 5.12. The molecule has 1 atom stereocenters. The molecule has 1 heterocycles. The van der Waals surface area contributed by atoms with Gasteiger partial charge in [-0.25, -0.2) is 0 Å². The fraction of sp³-hybridized carbons (Fsp3) is 0.500. The molecule has 1 aromatic carbocycles. The maximum atomic E-state index is 11.6. The third-order valence-electron chi connectivity index (χ3n) is 3.34. The highest BCUT2D eigenvalue weighted by molar-refractivity contribution is 6.31. The van der Waals surface area contributed by atoms with Crippen molar-refractivity contribution >= 4 is 17.5 Å². The quantitative estimate of drug-likeness (QED) is 0.916. The molecule has 19 heavy (non-hydrogen) atoms. The highest BCUT2D eigenvalue weighted by Crippen LogP contribution is 2.19. The molecule has 1 amide bonds. The molecule has 0 aromatic heterocycles. The molecule has 5 heteroatoms. The summed E-state index contributed by atoms with van der Waals surface area (Å²) in [4.78, 5) is 13.3. The number of carbonyl (C=O) groups excluding carboxylic acids is 1. The standard InChI is InChI=1S/C14H19ClN2O2/c15-13-6-2-1-4-11(13)10-19-12-5-3-7-17(9-12)14(18)8-16/h1-2,4,6,12H,3,5,7-10,16H2. The van der Waals surface area contributed by atoms with Crippen molar-refractivity contribution in [2.24, 2.45) is 5.73 Å². The van der Waals surface area contributed by atoms with Crippen LogP contribution in [0.5, 0.6) is 0 Å². The van der Waals surface area contributed by atoms with Gasteiger partial charge in [-0.05, 0) is 24.5 Å². The number of halogens is 1. The molecule has 2 rings (SSSR count). The summed E-state index contributed by atoms with van der Waals surface area (Å²) >= 11 is 6.08. The number of hydrogen-bond donors (Lipinski definition) is 1. The zero-order valence-electron chi connectivity index (χ0n) is 10.8. The van der Waals surface area contributed by atoms with Crippen molar-refractivity contribution < 1.29 is 9.53 Å². The smallest absolute Gasteiger partial charge is 0.236 e. The monoisotopic (exact) mass is 282 g/mol. The maximum absolute atomic E-state index is 11.6. The molecule has 1 aliphatic rings. The van der Waals surface area contributed by atoms with Gasteiger partial charge in [-0.1, -0.05) is 29.8 Å². The van der Waals surface area contributed by atoms with Crippen LogP contribution in [0.25, 0.3) is 0 Å². The number of piperidine rings is 1. The van der Waals surface area contributed by atoms with E-state index in [1.165, 1.54) is 0 Å². The zero-order chi connectivity index (χ0) is 13.7. The lowest BCUT2D eigenvalue weighted by Gasteiger charge is -2.32. The van der Waals surface area contributed by atoms with Gasteiger partial charge in [0.05, 0.1) is 19.3 Å². The fourth-order valence-corrected chi connectivity index (χ4v) is 2.44. The van der Waals surface area contributed by atoms with Crippen LogP contribution in [-0.4, -0.2) is 36.5 Å². The van der Waals surface area contributed by atoms with E-state index in [4.69, 9.17) is 22.1 Å². The number of amides is 1. The van der Waals surface area contributed by atoms with E-state index in [0.29, 0.717) is 18.2 Å². The van der Waals surface area contributed by atoms with Crippen LogP contribution in [0.2, 0.25) is 5.02 Å². The van der Waals surface area contributed by atoms with Crippen LogP contribution in [-0.2, 0) is 16.1 Å². The number of nitrogens with two attached hydrogens (primary N) is 1. The second-order valence-electron chi connectivity index (χ2n) is 4.71. The second kappa shape index (κ2) is 6.89. The summed E-state index contributed by atoms with van der Waals surface area (Å²) in [5.74, 6) is -0.00829. The van der Waals surface area contributed by atoms with Crippen LogP contribution in [0.3, 0.4) is 0 Å². The highest BCUT2D eigenvalue weighted by atomic mass is 35.5. The molecule has 1 unspecified atom stereocenters. The highest BCUT2D eigenvalue weighted by Gasteiger charge is 2.23. The average Bonchev–Trinajstić information content (AvgIpc) is 2.46. The number of hydrogen-bond acceptors (Lipinski definition) is 3. The van der Waals surface area contributed by atoms with Gasteiger partial charge in [0.15, 0.2) is 0 Å². The van der Waals surface area contributed by atoms with Crippen molar-refractivity contribution in [2.75, 3.05) is 19.6 Å². The zero-order valence-corrected chi connectivity index (χ0v) is 11.6. The molecule has 1 saturated heterocycles. The van der Waals surface area contributed by atoms with Gasteiger partial charge >= 0.3 is 0 Å². The van der Waals surface area contributed by atoms with Crippen molar-refractivity contribution in [1.29, 1.82) is 0 Å². The maximum Gasteiger partial charge on any atom is 0.236 e. The normalized spacial score (nSPS) is 19.5. The molecule has 4 nitrogen and oxygen atoms in total. The lowest BCUT2D eigenvalue weighted by molar-refractivity contribution is -0.134. The molecular formula is C14H19ClN2O2. The van der Waals surface area contributed by atoms with Gasteiger partial charge in [-0.2, -0.15) is 0 Å². The summed E-state index contributed by atoms with van der Waals surface area (Å²) in [6.07, 6.45) is 2.00. The van der Waals surface area contributed by atoms with Gasteiger partial charge < -0.3 is 15.4 Å². The molecule has 2 N–H and O–H groups in total. The Morgan fingerprint density at radius 3 is 3.00 bits per heavy atom. The van der Waals surface area contributed by atoms with Gasteiger partial charge in [0.25, 0.3) is 0 Å². The van der Waals surface area contributed by atoms with Crippen LogP contribution in [0.15, 0.2) is 24.3 Å². The summed E-state index contributed by atoms with van der Waals surface area (Å²) < 4.78 is 5.86. The Bertz CT molecular complexity index is 439. The largest absolute Gasteiger partial charge is 0.372 e. The molecule has 0 radical (unpaired) electrons. The average molecular weight is 283 g/mol. The third kappa shape index (κ3) is 3.93. The van der Waals surface area contributed by atoms with Gasteiger partial charge in [-0.3, -0.25) is 4.79 Å². The van der Waals surface area contributed by atoms with E-state index in [-0.39, 0.29) is 18.6 Å². The first kappa shape index (κ1) is 14.3. The van der Waals surface area contributed by atoms with E-state index >= 15 is 0 Å². The third-order valence-corrected chi connectivity index (χ3v) is 3.71. The minimum Gasteiger partial charge on any atom is -0.372 e. The van der Waals surface area contributed by atoms with Crippen LogP contribution in [0.1, 0.15) is 18.4 Å². The summed E-state index contributed by atoms with van der Waals surface area (Å²) in [5.41, 5.74) is 6.36. The Morgan fingerprint density at radius 1 is 1.47 bits per heavy atom. The number of nitrogens with zero attached hydrogens (tertiary/aromatic N) is 1. The van der Waals surface area contributed by atoms with E-state index in [9.17, 15) is 4.79 Å². The summed E-state index contributed by atoms with van der Waals surface area (Å²) in [7, 11) is 0. The molecule has 1 fully saturated rings. The topological polar surface area (TPSA) is 55.6 Å². The summed E-state index contributed by atoms with van der Waals surface area (Å²) in [6.45, 7) is 1.95. The molecule has 0 saturated carbocycles. The first-order valence-electron chi connectivity index (χ1n) is 6.53. The van der Waals surface area contributed by atoms with E-state index < -0.39 is 0 Å². The predicted molar refractivity (Wildman–Crippen MR) is 74.9 cm³/mol. The van der Waals surface area contributed by atoms with Crippen LogP contribution in [0, 0.1) is 0 Å². The van der Waals surface area contributed by atoms with Crippen LogP contribution >= 0.6 is 11.6 Å². The van der Waals surface area contributed by atoms with Crippen LogP contribution in [0.4, 0.5) is 0 Å². The lowest BCUT2D eigenvalue weighted by Crippen LogP contribution is -2.45. The van der Waals surface area contributed by atoms with E-state index in [2.05, 4.69) is 0 Å². The van der Waals surface area contributed by atoms with Gasteiger partial charge in [-0.15, -0.1) is 0 Å². The molecule has 1 aromatic rings. The number of ether oxygens (including phenoxy) is 1. The van der Waals surface area contributed by atoms with Gasteiger partial charge in [0.2, 0.25) is 5.91 Å². The molecule has 0 bridgehead atoms. The SMILES string of the molecule is NCC(=O)N1CCCC(OCc2ccccc2Cl)C1. The Hall–Kier alpha value is -1.10. The summed E-state index contributed by atoms with van der Waals surface area (Å²) in [6, 6.07) is 7.64. The van der Waals surface area contributed by atoms with Crippen molar-refractivity contribution in [3.05, 3.63) is 34.9 Å². The van der Waals surface area contributed by atoms with Crippen molar-refractivity contribution in [3.63, 3.8) is 0 Å². The van der Waals surface area contributed by atoms with Crippen LogP contribution < -0.4 is 5.73 Å².